The molecule has 0 saturated carbocycles. The Bertz CT molecular complexity index is 533. The zero-order valence-electron chi connectivity index (χ0n) is 13.6. The molecule has 5 nitrogen and oxygen atoms in total. The summed E-state index contributed by atoms with van der Waals surface area (Å²) >= 11 is 0. The van der Waals surface area contributed by atoms with E-state index in [4.69, 9.17) is 0 Å². The fourth-order valence-electron chi connectivity index (χ4n) is 3.06. The Labute approximate surface area is 132 Å². The van der Waals surface area contributed by atoms with Gasteiger partial charge in [0.05, 0.1) is 5.54 Å². The number of hydrogen-bond donors (Lipinski definition) is 2. The highest BCUT2D eigenvalue weighted by Gasteiger charge is 2.40. The molecule has 0 spiro atoms. The first kappa shape index (κ1) is 16.5. The lowest BCUT2D eigenvalue weighted by Gasteiger charge is -2.32. The number of nitrogens with one attached hydrogen (secondary N) is 2. The summed E-state index contributed by atoms with van der Waals surface area (Å²) in [6.07, 6.45) is 2.77. The van der Waals surface area contributed by atoms with Gasteiger partial charge in [0.2, 0.25) is 5.91 Å². The van der Waals surface area contributed by atoms with Crippen LogP contribution in [-0.4, -0.2) is 42.9 Å². The first-order valence-corrected chi connectivity index (χ1v) is 7.84. The van der Waals surface area contributed by atoms with Crippen molar-refractivity contribution in [3.8, 4) is 0 Å². The van der Waals surface area contributed by atoms with E-state index < -0.39 is 5.54 Å². The van der Waals surface area contributed by atoms with Crippen LogP contribution in [0.5, 0.6) is 0 Å². The molecule has 120 valence electrons. The topological polar surface area (TPSA) is 61.4 Å². The molecule has 1 aliphatic heterocycles. The minimum absolute atomic E-state index is 0.101. The van der Waals surface area contributed by atoms with Crippen molar-refractivity contribution in [2.24, 2.45) is 0 Å². The number of likely N-dealkylation sites (N-methyl/N-ethyl adjacent to an activating group) is 1. The number of carbonyl (C=O) groups excluding carboxylic acids is 2. The summed E-state index contributed by atoms with van der Waals surface area (Å²) in [4.78, 5) is 26.0. The molecule has 2 rings (SSSR count). The molecule has 22 heavy (non-hydrogen) atoms. The van der Waals surface area contributed by atoms with Gasteiger partial charge in [-0.3, -0.25) is 9.59 Å². The monoisotopic (exact) mass is 303 g/mol. The molecular weight excluding hydrogens is 278 g/mol. The number of carbonyl (C=O) groups is 2. The average molecular weight is 303 g/mol. The molecule has 1 atom stereocenters. The molecule has 1 heterocycles. The van der Waals surface area contributed by atoms with Crippen molar-refractivity contribution in [2.75, 3.05) is 20.6 Å². The molecule has 0 radical (unpaired) electrons. The Balaban J connectivity index is 2.03. The van der Waals surface area contributed by atoms with Gasteiger partial charge in [-0.1, -0.05) is 19.1 Å². The fourth-order valence-corrected chi connectivity index (χ4v) is 3.06. The Morgan fingerprint density at radius 2 is 2.00 bits per heavy atom. The van der Waals surface area contributed by atoms with Crippen LogP contribution in [-0.2, 0) is 11.3 Å². The van der Waals surface area contributed by atoms with Crippen molar-refractivity contribution in [3.05, 3.63) is 35.4 Å². The molecule has 1 fully saturated rings. The molecule has 5 heteroatoms. The van der Waals surface area contributed by atoms with E-state index in [0.29, 0.717) is 12.1 Å². The molecule has 1 aliphatic rings. The highest BCUT2D eigenvalue weighted by Crippen LogP contribution is 2.25. The molecule has 1 aromatic carbocycles. The highest BCUT2D eigenvalue weighted by molar-refractivity contribution is 5.94. The van der Waals surface area contributed by atoms with Crippen molar-refractivity contribution < 1.29 is 9.59 Å². The Hall–Kier alpha value is -1.88. The number of amides is 2. The predicted molar refractivity (Wildman–Crippen MR) is 86.6 cm³/mol. The van der Waals surface area contributed by atoms with Crippen LogP contribution in [0.25, 0.3) is 0 Å². The van der Waals surface area contributed by atoms with Gasteiger partial charge >= 0.3 is 0 Å². The SMILES string of the molecule is CCC1(C(=O)N(C)Cc2ccc(C(=O)NC)cc2)CCCN1. The molecule has 0 aliphatic carbocycles. The van der Waals surface area contributed by atoms with Gasteiger partial charge in [-0.2, -0.15) is 0 Å². The number of hydrogen-bond acceptors (Lipinski definition) is 3. The van der Waals surface area contributed by atoms with Gasteiger partial charge in [-0.05, 0) is 43.5 Å². The maximum atomic E-state index is 12.7. The van der Waals surface area contributed by atoms with Crippen molar-refractivity contribution in [3.63, 3.8) is 0 Å². The molecular formula is C17H25N3O2. The summed E-state index contributed by atoms with van der Waals surface area (Å²) < 4.78 is 0. The second-order valence-electron chi connectivity index (χ2n) is 5.90. The molecule has 0 aromatic heterocycles. The maximum Gasteiger partial charge on any atom is 0.251 e. The van der Waals surface area contributed by atoms with Gasteiger partial charge in [0.25, 0.3) is 5.91 Å². The molecule has 0 bridgehead atoms. The van der Waals surface area contributed by atoms with Crippen molar-refractivity contribution in [1.29, 1.82) is 0 Å². The van der Waals surface area contributed by atoms with Crippen LogP contribution < -0.4 is 10.6 Å². The Morgan fingerprint density at radius 1 is 1.32 bits per heavy atom. The van der Waals surface area contributed by atoms with Gasteiger partial charge in [0, 0.05) is 26.2 Å². The highest BCUT2D eigenvalue weighted by atomic mass is 16.2. The minimum atomic E-state index is -0.392. The van der Waals surface area contributed by atoms with Crippen LogP contribution in [0.1, 0.15) is 42.1 Å². The Kier molecular flexibility index (Phi) is 5.19. The van der Waals surface area contributed by atoms with Crippen molar-refractivity contribution >= 4 is 11.8 Å². The van der Waals surface area contributed by atoms with Crippen LogP contribution in [0, 0.1) is 0 Å². The van der Waals surface area contributed by atoms with E-state index in [1.165, 1.54) is 0 Å². The van der Waals surface area contributed by atoms with E-state index in [9.17, 15) is 9.59 Å². The first-order valence-electron chi connectivity index (χ1n) is 7.84. The van der Waals surface area contributed by atoms with Gasteiger partial charge in [-0.15, -0.1) is 0 Å². The van der Waals surface area contributed by atoms with E-state index in [1.807, 2.05) is 19.2 Å². The lowest BCUT2D eigenvalue weighted by Crippen LogP contribution is -2.53. The van der Waals surface area contributed by atoms with Gasteiger partial charge in [-0.25, -0.2) is 0 Å². The summed E-state index contributed by atoms with van der Waals surface area (Å²) in [7, 11) is 3.45. The molecule has 2 N–H and O–H groups in total. The number of benzene rings is 1. The largest absolute Gasteiger partial charge is 0.355 e. The number of rotatable bonds is 5. The lowest BCUT2D eigenvalue weighted by molar-refractivity contribution is -0.137. The Morgan fingerprint density at radius 3 is 2.50 bits per heavy atom. The third-order valence-electron chi connectivity index (χ3n) is 4.47. The smallest absolute Gasteiger partial charge is 0.251 e. The van der Waals surface area contributed by atoms with Crippen molar-refractivity contribution in [1.82, 2.24) is 15.5 Å². The fraction of sp³-hybridized carbons (Fsp3) is 0.529. The van der Waals surface area contributed by atoms with Gasteiger partial charge in [0.15, 0.2) is 0 Å². The summed E-state index contributed by atoms with van der Waals surface area (Å²) in [5.74, 6) is 0.0546. The van der Waals surface area contributed by atoms with Crippen LogP contribution in [0.4, 0.5) is 0 Å². The lowest BCUT2D eigenvalue weighted by atomic mass is 9.92. The van der Waals surface area contributed by atoms with Crippen LogP contribution >= 0.6 is 0 Å². The molecule has 1 aromatic rings. The van der Waals surface area contributed by atoms with E-state index in [0.717, 1.165) is 31.4 Å². The van der Waals surface area contributed by atoms with E-state index in [2.05, 4.69) is 17.6 Å². The number of nitrogens with zero attached hydrogens (tertiary/aromatic N) is 1. The van der Waals surface area contributed by atoms with Gasteiger partial charge < -0.3 is 15.5 Å². The second kappa shape index (κ2) is 6.92. The molecule has 2 amide bonds. The minimum Gasteiger partial charge on any atom is -0.355 e. The van der Waals surface area contributed by atoms with E-state index in [1.54, 1.807) is 24.1 Å². The summed E-state index contributed by atoms with van der Waals surface area (Å²) in [6, 6.07) is 7.37. The average Bonchev–Trinajstić information content (AvgIpc) is 3.04. The predicted octanol–water partition coefficient (Wildman–Crippen LogP) is 1.54. The van der Waals surface area contributed by atoms with E-state index >= 15 is 0 Å². The standard InChI is InChI=1S/C17H25N3O2/c1-4-17(10-5-11-19-17)16(22)20(3)12-13-6-8-14(9-7-13)15(21)18-2/h6-9,19H,4-5,10-12H2,1-3H3,(H,18,21). The molecule has 1 unspecified atom stereocenters. The zero-order chi connectivity index (χ0) is 16.2. The maximum absolute atomic E-state index is 12.7. The normalized spacial score (nSPS) is 20.7. The third-order valence-corrected chi connectivity index (χ3v) is 4.47. The third kappa shape index (κ3) is 3.30. The molecule has 1 saturated heterocycles. The van der Waals surface area contributed by atoms with Crippen LogP contribution in [0.2, 0.25) is 0 Å². The first-order chi connectivity index (χ1) is 10.5. The summed E-state index contributed by atoms with van der Waals surface area (Å²) in [6.45, 7) is 3.52. The van der Waals surface area contributed by atoms with Crippen molar-refractivity contribution in [2.45, 2.75) is 38.3 Å². The zero-order valence-corrected chi connectivity index (χ0v) is 13.6. The van der Waals surface area contributed by atoms with Gasteiger partial charge in [0.1, 0.15) is 0 Å². The van der Waals surface area contributed by atoms with Crippen LogP contribution in [0.3, 0.4) is 0 Å². The van der Waals surface area contributed by atoms with E-state index in [-0.39, 0.29) is 11.8 Å². The quantitative estimate of drug-likeness (QED) is 0.867. The van der Waals surface area contributed by atoms with Crippen LogP contribution in [0.15, 0.2) is 24.3 Å². The second-order valence-corrected chi connectivity index (χ2v) is 5.90. The summed E-state index contributed by atoms with van der Waals surface area (Å²) in [5.41, 5.74) is 1.26. The summed E-state index contributed by atoms with van der Waals surface area (Å²) in [5, 5.41) is 5.97.